The number of ether oxygens (including phenoxy) is 2. The van der Waals surface area contributed by atoms with E-state index in [-0.39, 0.29) is 17.4 Å². The maximum absolute atomic E-state index is 13.8. The Bertz CT molecular complexity index is 958. The molecule has 0 radical (unpaired) electrons. The molecule has 0 spiro atoms. The molecule has 1 aliphatic rings. The van der Waals surface area contributed by atoms with Crippen LogP contribution in [-0.2, 0) is 26.1 Å². The summed E-state index contributed by atoms with van der Waals surface area (Å²) >= 11 is 0. The summed E-state index contributed by atoms with van der Waals surface area (Å²) in [7, 11) is -2.58. The lowest BCUT2D eigenvalue weighted by molar-refractivity contribution is -0.135. The molecule has 1 heterocycles. The van der Waals surface area contributed by atoms with Gasteiger partial charge in [0.15, 0.2) is 0 Å². The first-order chi connectivity index (χ1) is 15.5. The van der Waals surface area contributed by atoms with Gasteiger partial charge in [-0.25, -0.2) is 13.9 Å². The van der Waals surface area contributed by atoms with Crippen LogP contribution < -0.4 is 10.2 Å². The summed E-state index contributed by atoms with van der Waals surface area (Å²) in [4.78, 5) is 12.9. The number of hydroxylamine groups is 1. The van der Waals surface area contributed by atoms with Crippen LogP contribution in [0.25, 0.3) is 0 Å². The number of amides is 1. The SMILES string of the molecule is COc1ccc(S(=O)(=O)N(Cc2ccccc2)C(C(=O)NO)C2CCCCOCC2)cc1. The lowest BCUT2D eigenvalue weighted by Crippen LogP contribution is -2.52. The molecule has 3 rings (SSSR count). The predicted molar refractivity (Wildman–Crippen MR) is 119 cm³/mol. The van der Waals surface area contributed by atoms with Crippen LogP contribution in [0, 0.1) is 5.92 Å². The predicted octanol–water partition coefficient (Wildman–Crippen LogP) is 2.97. The number of carbonyl (C=O) groups is 1. The third kappa shape index (κ3) is 5.86. The summed E-state index contributed by atoms with van der Waals surface area (Å²) < 4.78 is 39.5. The van der Waals surface area contributed by atoms with E-state index in [1.807, 2.05) is 30.3 Å². The molecule has 1 saturated heterocycles. The van der Waals surface area contributed by atoms with Gasteiger partial charge in [-0.15, -0.1) is 0 Å². The number of nitrogens with zero attached hydrogens (tertiary/aromatic N) is 1. The second kappa shape index (κ2) is 11.4. The Labute approximate surface area is 189 Å². The number of carbonyl (C=O) groups excluding carboxylic acids is 1. The Balaban J connectivity index is 2.05. The minimum Gasteiger partial charge on any atom is -0.497 e. The molecule has 1 amide bonds. The van der Waals surface area contributed by atoms with Gasteiger partial charge in [0.05, 0.1) is 12.0 Å². The van der Waals surface area contributed by atoms with E-state index in [9.17, 15) is 18.4 Å². The molecule has 0 aromatic heterocycles. The molecule has 0 aliphatic carbocycles. The number of methoxy groups -OCH3 is 1. The average Bonchev–Trinajstić information content (AvgIpc) is 2.80. The zero-order chi connectivity index (χ0) is 23.0. The van der Waals surface area contributed by atoms with Gasteiger partial charge >= 0.3 is 0 Å². The highest BCUT2D eigenvalue weighted by Gasteiger charge is 2.41. The largest absolute Gasteiger partial charge is 0.497 e. The second-order valence-electron chi connectivity index (χ2n) is 7.79. The van der Waals surface area contributed by atoms with Crippen molar-refractivity contribution in [3.63, 3.8) is 0 Å². The van der Waals surface area contributed by atoms with Gasteiger partial charge in [0.1, 0.15) is 11.8 Å². The Kier molecular flexibility index (Phi) is 8.63. The van der Waals surface area contributed by atoms with Crippen molar-refractivity contribution in [3.8, 4) is 5.75 Å². The van der Waals surface area contributed by atoms with Crippen LogP contribution in [0.2, 0.25) is 0 Å². The quantitative estimate of drug-likeness (QED) is 0.462. The van der Waals surface area contributed by atoms with Crippen LogP contribution in [0.1, 0.15) is 31.2 Å². The molecule has 2 N–H and O–H groups in total. The van der Waals surface area contributed by atoms with Gasteiger partial charge < -0.3 is 9.47 Å². The molecule has 0 bridgehead atoms. The van der Waals surface area contributed by atoms with E-state index in [1.165, 1.54) is 23.5 Å². The number of nitrogens with one attached hydrogen (secondary N) is 1. The summed E-state index contributed by atoms with van der Waals surface area (Å²) in [6.45, 7) is 1.08. The molecule has 32 heavy (non-hydrogen) atoms. The standard InChI is InChI=1S/C23H30N2O6S/c1-30-20-10-12-21(13-11-20)32(28,29)25(17-18-7-3-2-4-8-18)22(23(26)24-27)19-9-5-6-15-31-16-14-19/h2-4,7-8,10-13,19,22,27H,5-6,9,14-17H2,1H3,(H,24,26). The molecular weight excluding hydrogens is 432 g/mol. The highest BCUT2D eigenvalue weighted by atomic mass is 32.2. The molecule has 2 atom stereocenters. The van der Waals surface area contributed by atoms with E-state index < -0.39 is 22.0 Å². The fourth-order valence-electron chi connectivity index (χ4n) is 4.03. The second-order valence-corrected chi connectivity index (χ2v) is 9.68. The van der Waals surface area contributed by atoms with E-state index >= 15 is 0 Å². The number of hydrogen-bond acceptors (Lipinski definition) is 6. The molecule has 1 fully saturated rings. The van der Waals surface area contributed by atoms with Crippen molar-refractivity contribution in [2.75, 3.05) is 20.3 Å². The zero-order valence-electron chi connectivity index (χ0n) is 18.1. The summed E-state index contributed by atoms with van der Waals surface area (Å²) in [5.74, 6) is -0.525. The van der Waals surface area contributed by atoms with Crippen molar-refractivity contribution in [1.29, 1.82) is 0 Å². The summed E-state index contributed by atoms with van der Waals surface area (Å²) in [5, 5.41) is 9.51. The van der Waals surface area contributed by atoms with Crippen LogP contribution in [0.15, 0.2) is 59.5 Å². The molecule has 2 aromatic carbocycles. The third-order valence-electron chi connectivity index (χ3n) is 5.73. The Morgan fingerprint density at radius 3 is 2.50 bits per heavy atom. The zero-order valence-corrected chi connectivity index (χ0v) is 19.0. The van der Waals surface area contributed by atoms with E-state index in [4.69, 9.17) is 9.47 Å². The Hall–Kier alpha value is -2.46. The Morgan fingerprint density at radius 2 is 1.84 bits per heavy atom. The number of sulfonamides is 1. The lowest BCUT2D eigenvalue weighted by atomic mass is 9.89. The maximum Gasteiger partial charge on any atom is 0.262 e. The van der Waals surface area contributed by atoms with Gasteiger partial charge in [0.2, 0.25) is 10.0 Å². The van der Waals surface area contributed by atoms with Crippen molar-refractivity contribution < 1.29 is 27.9 Å². The van der Waals surface area contributed by atoms with Crippen LogP contribution in [0.4, 0.5) is 0 Å². The topological polar surface area (TPSA) is 105 Å². The fourth-order valence-corrected chi connectivity index (χ4v) is 5.67. The molecule has 9 heteroatoms. The molecule has 174 valence electrons. The van der Waals surface area contributed by atoms with Crippen LogP contribution in [0.5, 0.6) is 5.75 Å². The van der Waals surface area contributed by atoms with Crippen LogP contribution in [-0.4, -0.2) is 50.2 Å². The van der Waals surface area contributed by atoms with Crippen molar-refractivity contribution in [3.05, 3.63) is 60.2 Å². The van der Waals surface area contributed by atoms with Gasteiger partial charge in [0, 0.05) is 19.8 Å². The van der Waals surface area contributed by atoms with Crippen molar-refractivity contribution in [2.45, 2.75) is 43.2 Å². The maximum atomic E-state index is 13.8. The van der Waals surface area contributed by atoms with Crippen molar-refractivity contribution in [2.24, 2.45) is 5.92 Å². The average molecular weight is 463 g/mol. The first-order valence-electron chi connectivity index (χ1n) is 10.7. The van der Waals surface area contributed by atoms with Gasteiger partial charge in [-0.2, -0.15) is 4.31 Å². The number of benzene rings is 2. The summed E-state index contributed by atoms with van der Waals surface area (Å²) in [5.41, 5.74) is 2.44. The van der Waals surface area contributed by atoms with E-state index in [0.717, 1.165) is 18.4 Å². The first kappa shape index (κ1) is 24.2. The molecule has 2 aromatic rings. The first-order valence-corrected chi connectivity index (χ1v) is 12.1. The van der Waals surface area contributed by atoms with Crippen molar-refractivity contribution >= 4 is 15.9 Å². The summed E-state index contributed by atoms with van der Waals surface area (Å²) in [6, 6.07) is 14.1. The number of hydrogen-bond donors (Lipinski definition) is 2. The molecule has 2 unspecified atom stereocenters. The molecular formula is C23H30N2O6S. The lowest BCUT2D eigenvalue weighted by Gasteiger charge is -2.35. The van der Waals surface area contributed by atoms with Crippen LogP contribution in [0.3, 0.4) is 0 Å². The molecule has 0 saturated carbocycles. The van der Waals surface area contributed by atoms with E-state index in [2.05, 4.69) is 0 Å². The highest BCUT2D eigenvalue weighted by Crippen LogP contribution is 2.30. The van der Waals surface area contributed by atoms with Gasteiger partial charge in [-0.3, -0.25) is 10.0 Å². The molecule has 8 nitrogen and oxygen atoms in total. The van der Waals surface area contributed by atoms with E-state index in [1.54, 1.807) is 17.6 Å². The fraction of sp³-hybridized carbons (Fsp3) is 0.435. The normalized spacial score (nSPS) is 18.4. The van der Waals surface area contributed by atoms with Gasteiger partial charge in [-0.1, -0.05) is 36.8 Å². The monoisotopic (exact) mass is 462 g/mol. The Morgan fingerprint density at radius 1 is 1.12 bits per heavy atom. The van der Waals surface area contributed by atoms with Gasteiger partial charge in [0.25, 0.3) is 5.91 Å². The molecule has 1 aliphatic heterocycles. The smallest absolute Gasteiger partial charge is 0.262 e. The summed E-state index contributed by atoms with van der Waals surface area (Å²) in [6.07, 6.45) is 2.82. The third-order valence-corrected chi connectivity index (χ3v) is 7.57. The number of rotatable bonds is 8. The van der Waals surface area contributed by atoms with Crippen molar-refractivity contribution in [1.82, 2.24) is 9.79 Å². The minimum atomic E-state index is -4.08. The highest BCUT2D eigenvalue weighted by molar-refractivity contribution is 7.89. The van der Waals surface area contributed by atoms with Crippen LogP contribution >= 0.6 is 0 Å². The minimum absolute atomic E-state index is 0.00928. The van der Waals surface area contributed by atoms with E-state index in [0.29, 0.717) is 31.8 Å². The van der Waals surface area contributed by atoms with Gasteiger partial charge in [-0.05, 0) is 55.0 Å².